The molecule has 0 radical (unpaired) electrons. The number of carbonyl (C=O) groups excluding carboxylic acids is 1. The largest absolute Gasteiger partial charge is 0.355 e. The Morgan fingerprint density at radius 2 is 1.93 bits per heavy atom. The van der Waals surface area contributed by atoms with E-state index >= 15 is 0 Å². The summed E-state index contributed by atoms with van der Waals surface area (Å²) in [6, 6.07) is 8.00. The lowest BCUT2D eigenvalue weighted by atomic mass is 10.1. The number of amides is 1. The lowest BCUT2D eigenvalue weighted by Crippen LogP contribution is -2.09. The average molecular weight is 221 g/mol. The smallest absolute Gasteiger partial charge is 0.207 e. The van der Waals surface area contributed by atoms with Crippen LogP contribution in [0.5, 0.6) is 0 Å². The second-order valence-corrected chi connectivity index (χ2v) is 3.99. The van der Waals surface area contributed by atoms with Crippen LogP contribution in [-0.2, 0) is 11.3 Å². The van der Waals surface area contributed by atoms with Gasteiger partial charge in [0.15, 0.2) is 0 Å². The molecule has 1 N–H and O–H groups in total. The standard InChI is InChI=1S/C12H15NOS/c1-9(2)12(15)11-5-3-10(4-6-11)7-13-8-14/h3-6,8,15H,7H2,1-2H3,(H,13,14). The molecule has 0 aliphatic heterocycles. The van der Waals surface area contributed by atoms with E-state index in [1.54, 1.807) is 0 Å². The molecule has 0 aromatic heterocycles. The predicted molar refractivity (Wildman–Crippen MR) is 66.6 cm³/mol. The lowest BCUT2D eigenvalue weighted by molar-refractivity contribution is -0.109. The van der Waals surface area contributed by atoms with Gasteiger partial charge in [-0.2, -0.15) is 0 Å². The first-order valence-electron chi connectivity index (χ1n) is 4.78. The zero-order valence-corrected chi connectivity index (χ0v) is 9.84. The number of rotatable bonds is 4. The third-order valence-corrected chi connectivity index (χ3v) is 2.80. The number of nitrogens with one attached hydrogen (secondary N) is 1. The Balaban J connectivity index is 2.81. The molecule has 0 heterocycles. The number of allylic oxidation sites excluding steroid dienone is 1. The third kappa shape index (κ3) is 3.44. The van der Waals surface area contributed by atoms with Gasteiger partial charge in [0.05, 0.1) is 0 Å². The molecule has 15 heavy (non-hydrogen) atoms. The summed E-state index contributed by atoms with van der Waals surface area (Å²) in [4.78, 5) is 11.1. The summed E-state index contributed by atoms with van der Waals surface area (Å²) in [5.74, 6) is 0. The summed E-state index contributed by atoms with van der Waals surface area (Å²) in [6.45, 7) is 4.63. The molecule has 1 rings (SSSR count). The number of benzene rings is 1. The van der Waals surface area contributed by atoms with Crippen LogP contribution in [0.3, 0.4) is 0 Å². The van der Waals surface area contributed by atoms with Crippen molar-refractivity contribution in [2.24, 2.45) is 0 Å². The van der Waals surface area contributed by atoms with Gasteiger partial charge in [-0.1, -0.05) is 29.8 Å². The molecule has 0 spiro atoms. The highest BCUT2D eigenvalue weighted by Crippen LogP contribution is 2.22. The van der Waals surface area contributed by atoms with Crippen molar-refractivity contribution >= 4 is 23.9 Å². The van der Waals surface area contributed by atoms with E-state index in [1.807, 2.05) is 38.1 Å². The maximum atomic E-state index is 10.1. The van der Waals surface area contributed by atoms with Gasteiger partial charge in [0.1, 0.15) is 0 Å². The Kier molecular flexibility index (Phi) is 4.43. The molecule has 0 unspecified atom stereocenters. The van der Waals surface area contributed by atoms with Crippen LogP contribution in [0.1, 0.15) is 25.0 Å². The molecule has 80 valence electrons. The molecule has 0 fully saturated rings. The van der Waals surface area contributed by atoms with E-state index in [0.29, 0.717) is 13.0 Å². The highest BCUT2D eigenvalue weighted by molar-refractivity contribution is 7.90. The van der Waals surface area contributed by atoms with Gasteiger partial charge in [-0.15, -0.1) is 12.6 Å². The number of thiol groups is 1. The average Bonchev–Trinajstić information content (AvgIpc) is 2.26. The summed E-state index contributed by atoms with van der Waals surface area (Å²) in [6.07, 6.45) is 0.702. The van der Waals surface area contributed by atoms with Crippen LogP contribution < -0.4 is 5.32 Å². The lowest BCUT2D eigenvalue weighted by Gasteiger charge is -2.05. The minimum atomic E-state index is 0.570. The summed E-state index contributed by atoms with van der Waals surface area (Å²) in [5.41, 5.74) is 3.38. The molecule has 3 heteroatoms. The van der Waals surface area contributed by atoms with Crippen molar-refractivity contribution < 1.29 is 4.79 Å². The van der Waals surface area contributed by atoms with E-state index < -0.39 is 0 Å². The fourth-order valence-electron chi connectivity index (χ4n) is 1.23. The first-order valence-corrected chi connectivity index (χ1v) is 5.22. The van der Waals surface area contributed by atoms with Crippen molar-refractivity contribution in [1.29, 1.82) is 0 Å². The zero-order valence-electron chi connectivity index (χ0n) is 8.95. The van der Waals surface area contributed by atoms with Crippen LogP contribution >= 0.6 is 12.6 Å². The molecular formula is C12H15NOS. The van der Waals surface area contributed by atoms with Crippen LogP contribution in [0.2, 0.25) is 0 Å². The van der Waals surface area contributed by atoms with E-state index in [-0.39, 0.29) is 0 Å². The highest BCUT2D eigenvalue weighted by Gasteiger charge is 1.98. The Labute approximate surface area is 95.8 Å². The first-order chi connectivity index (χ1) is 7.15. The van der Waals surface area contributed by atoms with E-state index in [1.165, 1.54) is 5.57 Å². The Hall–Kier alpha value is -1.22. The van der Waals surface area contributed by atoms with Gasteiger partial charge in [0, 0.05) is 11.4 Å². The van der Waals surface area contributed by atoms with Crippen molar-refractivity contribution in [3.8, 4) is 0 Å². The van der Waals surface area contributed by atoms with E-state index in [9.17, 15) is 4.79 Å². The van der Waals surface area contributed by atoms with Gasteiger partial charge >= 0.3 is 0 Å². The number of carbonyl (C=O) groups is 1. The topological polar surface area (TPSA) is 29.1 Å². The minimum absolute atomic E-state index is 0.570. The highest BCUT2D eigenvalue weighted by atomic mass is 32.1. The van der Waals surface area contributed by atoms with E-state index in [0.717, 1.165) is 16.0 Å². The molecule has 0 aliphatic carbocycles. The molecule has 0 saturated carbocycles. The van der Waals surface area contributed by atoms with Gasteiger partial charge in [0.2, 0.25) is 6.41 Å². The minimum Gasteiger partial charge on any atom is -0.355 e. The van der Waals surface area contributed by atoms with Crippen molar-refractivity contribution in [2.75, 3.05) is 0 Å². The molecule has 0 atom stereocenters. The molecule has 1 aromatic carbocycles. The Bertz CT molecular complexity index is 364. The van der Waals surface area contributed by atoms with Crippen LogP contribution in [-0.4, -0.2) is 6.41 Å². The molecular weight excluding hydrogens is 206 g/mol. The Morgan fingerprint density at radius 3 is 2.40 bits per heavy atom. The van der Waals surface area contributed by atoms with Gasteiger partial charge < -0.3 is 5.32 Å². The van der Waals surface area contributed by atoms with Crippen LogP contribution in [0.15, 0.2) is 29.8 Å². The van der Waals surface area contributed by atoms with E-state index in [2.05, 4.69) is 17.9 Å². The quantitative estimate of drug-likeness (QED) is 0.594. The molecule has 2 nitrogen and oxygen atoms in total. The third-order valence-electron chi connectivity index (χ3n) is 2.09. The maximum Gasteiger partial charge on any atom is 0.207 e. The van der Waals surface area contributed by atoms with E-state index in [4.69, 9.17) is 0 Å². The summed E-state index contributed by atoms with van der Waals surface area (Å²) in [5, 5.41) is 2.62. The maximum absolute atomic E-state index is 10.1. The fourth-order valence-corrected chi connectivity index (χ4v) is 1.38. The summed E-state index contributed by atoms with van der Waals surface area (Å²) >= 11 is 4.43. The summed E-state index contributed by atoms with van der Waals surface area (Å²) in [7, 11) is 0. The first kappa shape index (κ1) is 11.9. The van der Waals surface area contributed by atoms with Gasteiger partial charge in [-0.3, -0.25) is 4.79 Å². The van der Waals surface area contributed by atoms with Crippen molar-refractivity contribution in [3.63, 3.8) is 0 Å². The van der Waals surface area contributed by atoms with Crippen LogP contribution in [0.25, 0.3) is 4.91 Å². The molecule has 0 bridgehead atoms. The molecule has 0 saturated heterocycles. The Morgan fingerprint density at radius 1 is 1.33 bits per heavy atom. The van der Waals surface area contributed by atoms with Crippen LogP contribution in [0.4, 0.5) is 0 Å². The second kappa shape index (κ2) is 5.61. The predicted octanol–water partition coefficient (Wildman–Crippen LogP) is 2.61. The second-order valence-electron chi connectivity index (χ2n) is 3.54. The molecule has 0 aliphatic rings. The fraction of sp³-hybridized carbons (Fsp3) is 0.250. The molecule has 1 amide bonds. The molecule has 1 aromatic rings. The summed E-state index contributed by atoms with van der Waals surface area (Å²) < 4.78 is 0. The number of hydrogen-bond acceptors (Lipinski definition) is 2. The normalized spacial score (nSPS) is 9.53. The van der Waals surface area contributed by atoms with Crippen molar-refractivity contribution in [3.05, 3.63) is 41.0 Å². The van der Waals surface area contributed by atoms with Crippen molar-refractivity contribution in [1.82, 2.24) is 5.32 Å². The van der Waals surface area contributed by atoms with Gasteiger partial charge in [-0.05, 0) is 25.0 Å². The van der Waals surface area contributed by atoms with Crippen LogP contribution in [0, 0.1) is 0 Å². The van der Waals surface area contributed by atoms with Gasteiger partial charge in [-0.25, -0.2) is 0 Å². The SMILES string of the molecule is CC(C)=C(S)c1ccc(CNC=O)cc1. The number of hydrogen-bond donors (Lipinski definition) is 2. The monoisotopic (exact) mass is 221 g/mol. The van der Waals surface area contributed by atoms with Crippen molar-refractivity contribution in [2.45, 2.75) is 20.4 Å². The zero-order chi connectivity index (χ0) is 11.3. The van der Waals surface area contributed by atoms with Gasteiger partial charge in [0.25, 0.3) is 0 Å².